The van der Waals surface area contributed by atoms with Crippen molar-refractivity contribution in [1.82, 2.24) is 0 Å². The van der Waals surface area contributed by atoms with E-state index in [1.54, 1.807) is 12.1 Å². The average molecular weight is 325 g/mol. The molecule has 1 unspecified atom stereocenters. The normalized spacial score (nSPS) is 16.5. The Morgan fingerprint density at radius 3 is 2.54 bits per heavy atom. The number of ether oxygens (including phenoxy) is 2. The number of carbonyl (C=O) groups excluding carboxylic acids is 1. The molecule has 1 heterocycles. The van der Waals surface area contributed by atoms with Gasteiger partial charge in [0, 0.05) is 5.56 Å². The number of epoxide rings is 1. The first-order chi connectivity index (χ1) is 11.4. The molecule has 0 aliphatic carbocycles. The van der Waals surface area contributed by atoms with E-state index in [1.807, 2.05) is 36.4 Å². The fraction of sp³-hybridized carbons (Fsp3) is 0.350. The van der Waals surface area contributed by atoms with Crippen LogP contribution in [0.5, 0.6) is 5.75 Å². The van der Waals surface area contributed by atoms with E-state index in [4.69, 9.17) is 9.47 Å². The van der Waals surface area contributed by atoms with Gasteiger partial charge < -0.3 is 14.8 Å². The number of hydrogen-bond acceptors (Lipinski definition) is 3. The van der Waals surface area contributed by atoms with E-state index in [0.29, 0.717) is 23.6 Å². The average Bonchev–Trinajstić information content (AvgIpc) is 3.38. The second-order valence-electron chi connectivity index (χ2n) is 7.05. The van der Waals surface area contributed by atoms with E-state index < -0.39 is 0 Å². The monoisotopic (exact) mass is 325 g/mol. The number of amides is 1. The molecule has 0 bridgehead atoms. The van der Waals surface area contributed by atoms with E-state index in [2.05, 4.69) is 26.1 Å². The van der Waals surface area contributed by atoms with Gasteiger partial charge in [0.1, 0.15) is 18.5 Å². The SMILES string of the molecule is CC(C)(C)c1ccc(NC(=O)c2ccccc2)c(OCC2CO2)c1. The Kier molecular flexibility index (Phi) is 4.58. The summed E-state index contributed by atoms with van der Waals surface area (Å²) in [4.78, 5) is 12.4. The highest BCUT2D eigenvalue weighted by atomic mass is 16.6. The van der Waals surface area contributed by atoms with Gasteiger partial charge in [-0.2, -0.15) is 0 Å². The van der Waals surface area contributed by atoms with Gasteiger partial charge in [0.2, 0.25) is 0 Å². The lowest BCUT2D eigenvalue weighted by atomic mass is 9.87. The summed E-state index contributed by atoms with van der Waals surface area (Å²) in [7, 11) is 0. The van der Waals surface area contributed by atoms with E-state index in [0.717, 1.165) is 12.2 Å². The third-order valence-electron chi connectivity index (χ3n) is 3.96. The molecule has 1 aliphatic heterocycles. The van der Waals surface area contributed by atoms with Gasteiger partial charge in [0.05, 0.1) is 12.3 Å². The zero-order valence-electron chi connectivity index (χ0n) is 14.3. The first kappa shape index (κ1) is 16.5. The fourth-order valence-corrected chi connectivity index (χ4v) is 2.34. The zero-order valence-corrected chi connectivity index (χ0v) is 14.3. The van der Waals surface area contributed by atoms with Gasteiger partial charge in [-0.3, -0.25) is 4.79 Å². The molecule has 0 aromatic heterocycles. The number of hydrogen-bond donors (Lipinski definition) is 1. The summed E-state index contributed by atoms with van der Waals surface area (Å²) in [5.41, 5.74) is 2.47. The molecule has 0 saturated carbocycles. The Morgan fingerprint density at radius 1 is 1.21 bits per heavy atom. The highest BCUT2D eigenvalue weighted by Crippen LogP contribution is 2.32. The molecule has 2 aromatic carbocycles. The fourth-order valence-electron chi connectivity index (χ4n) is 2.34. The number of rotatable bonds is 5. The molecule has 126 valence electrons. The Balaban J connectivity index is 1.83. The lowest BCUT2D eigenvalue weighted by Crippen LogP contribution is -2.16. The highest BCUT2D eigenvalue weighted by Gasteiger charge is 2.24. The van der Waals surface area contributed by atoms with Crippen LogP contribution in [0.15, 0.2) is 48.5 Å². The number of benzene rings is 2. The molecule has 4 nitrogen and oxygen atoms in total. The Bertz CT molecular complexity index is 715. The maximum atomic E-state index is 12.4. The second-order valence-corrected chi connectivity index (χ2v) is 7.05. The molecule has 1 aliphatic rings. The summed E-state index contributed by atoms with van der Waals surface area (Å²) in [6.07, 6.45) is 0.168. The van der Waals surface area contributed by atoms with E-state index in [9.17, 15) is 4.79 Å². The standard InChI is InChI=1S/C20H23NO3/c1-20(2,3)15-9-10-17(18(11-15)24-13-16-12-23-16)21-19(22)14-7-5-4-6-8-14/h4-11,16H,12-13H2,1-3H3,(H,21,22). The van der Waals surface area contributed by atoms with Crippen molar-refractivity contribution in [3.8, 4) is 5.75 Å². The third kappa shape index (κ3) is 4.15. The lowest BCUT2D eigenvalue weighted by Gasteiger charge is -2.21. The summed E-state index contributed by atoms with van der Waals surface area (Å²) in [6, 6.07) is 15.1. The predicted octanol–water partition coefficient (Wildman–Crippen LogP) is 4.01. The maximum absolute atomic E-state index is 12.4. The van der Waals surface area contributed by atoms with E-state index >= 15 is 0 Å². The molecule has 24 heavy (non-hydrogen) atoms. The summed E-state index contributed by atoms with van der Waals surface area (Å²) in [5, 5.41) is 2.94. The predicted molar refractivity (Wildman–Crippen MR) is 94.8 cm³/mol. The van der Waals surface area contributed by atoms with Crippen LogP contribution in [-0.2, 0) is 10.2 Å². The van der Waals surface area contributed by atoms with Crippen LogP contribution in [0.25, 0.3) is 0 Å². The zero-order chi connectivity index (χ0) is 17.2. The van der Waals surface area contributed by atoms with Crippen LogP contribution in [0.2, 0.25) is 0 Å². The van der Waals surface area contributed by atoms with Crippen molar-refractivity contribution in [2.24, 2.45) is 0 Å². The van der Waals surface area contributed by atoms with E-state index in [1.165, 1.54) is 0 Å². The van der Waals surface area contributed by atoms with Crippen molar-refractivity contribution >= 4 is 11.6 Å². The van der Waals surface area contributed by atoms with Crippen LogP contribution in [0.1, 0.15) is 36.7 Å². The van der Waals surface area contributed by atoms with Crippen molar-refractivity contribution in [2.75, 3.05) is 18.5 Å². The minimum atomic E-state index is -0.147. The van der Waals surface area contributed by atoms with Crippen molar-refractivity contribution < 1.29 is 14.3 Å². The van der Waals surface area contributed by atoms with Crippen molar-refractivity contribution in [1.29, 1.82) is 0 Å². The van der Waals surface area contributed by atoms with Gasteiger partial charge in [-0.1, -0.05) is 45.0 Å². The molecule has 1 atom stereocenters. The molecule has 2 aromatic rings. The lowest BCUT2D eigenvalue weighted by molar-refractivity contribution is 0.102. The van der Waals surface area contributed by atoms with Crippen LogP contribution < -0.4 is 10.1 Å². The first-order valence-electron chi connectivity index (χ1n) is 8.19. The quantitative estimate of drug-likeness (QED) is 0.845. The highest BCUT2D eigenvalue weighted by molar-refractivity contribution is 6.05. The molecular weight excluding hydrogens is 302 g/mol. The van der Waals surface area contributed by atoms with Crippen LogP contribution in [-0.4, -0.2) is 25.2 Å². The van der Waals surface area contributed by atoms with Gasteiger partial charge in [0.25, 0.3) is 5.91 Å². The number of nitrogens with one attached hydrogen (secondary N) is 1. The van der Waals surface area contributed by atoms with Gasteiger partial charge in [-0.25, -0.2) is 0 Å². The van der Waals surface area contributed by atoms with Gasteiger partial charge in [0.15, 0.2) is 0 Å². The summed E-state index contributed by atoms with van der Waals surface area (Å²) >= 11 is 0. The molecule has 1 amide bonds. The maximum Gasteiger partial charge on any atom is 0.255 e. The van der Waals surface area contributed by atoms with Crippen molar-refractivity contribution in [3.63, 3.8) is 0 Å². The Hall–Kier alpha value is -2.33. The van der Waals surface area contributed by atoms with Gasteiger partial charge in [-0.05, 0) is 35.2 Å². The van der Waals surface area contributed by atoms with Crippen LogP contribution in [0.4, 0.5) is 5.69 Å². The van der Waals surface area contributed by atoms with Gasteiger partial charge >= 0.3 is 0 Å². The second kappa shape index (κ2) is 6.65. The molecule has 0 spiro atoms. The van der Waals surface area contributed by atoms with Crippen molar-refractivity contribution in [2.45, 2.75) is 32.3 Å². The Labute approximate surface area is 142 Å². The van der Waals surface area contributed by atoms with Crippen LogP contribution in [0.3, 0.4) is 0 Å². The molecule has 3 rings (SSSR count). The molecule has 4 heteroatoms. The third-order valence-corrected chi connectivity index (χ3v) is 3.96. The topological polar surface area (TPSA) is 50.9 Å². The number of anilines is 1. The molecule has 1 saturated heterocycles. The largest absolute Gasteiger partial charge is 0.489 e. The van der Waals surface area contributed by atoms with Gasteiger partial charge in [-0.15, -0.1) is 0 Å². The molecule has 1 N–H and O–H groups in total. The van der Waals surface area contributed by atoms with E-state index in [-0.39, 0.29) is 17.4 Å². The first-order valence-corrected chi connectivity index (χ1v) is 8.19. The molecule has 0 radical (unpaired) electrons. The number of carbonyl (C=O) groups is 1. The summed E-state index contributed by atoms with van der Waals surface area (Å²) in [5.74, 6) is 0.536. The summed E-state index contributed by atoms with van der Waals surface area (Å²) < 4.78 is 11.1. The minimum absolute atomic E-state index is 0.0101. The van der Waals surface area contributed by atoms with Crippen LogP contribution in [0, 0.1) is 0 Å². The smallest absolute Gasteiger partial charge is 0.255 e. The van der Waals surface area contributed by atoms with Crippen molar-refractivity contribution in [3.05, 3.63) is 59.7 Å². The molecular formula is C20H23NO3. The summed E-state index contributed by atoms with van der Waals surface area (Å²) in [6.45, 7) is 7.70. The Morgan fingerprint density at radius 2 is 1.92 bits per heavy atom. The van der Waals surface area contributed by atoms with Crippen LogP contribution >= 0.6 is 0 Å². The molecule has 1 fully saturated rings. The minimum Gasteiger partial charge on any atom is -0.489 e.